The van der Waals surface area contributed by atoms with Crippen molar-refractivity contribution in [1.29, 1.82) is 0 Å². The number of halogens is 1. The van der Waals surface area contributed by atoms with E-state index in [-0.39, 0.29) is 19.0 Å². The van der Waals surface area contributed by atoms with E-state index in [0.29, 0.717) is 0 Å². The number of carboxylic acid groups (broad SMARTS) is 1. The van der Waals surface area contributed by atoms with Crippen LogP contribution in [-0.4, -0.2) is 21.2 Å². The van der Waals surface area contributed by atoms with Crippen molar-refractivity contribution in [2.24, 2.45) is 0 Å². The molecule has 0 unspecified atom stereocenters. The highest BCUT2D eigenvalue weighted by Gasteiger charge is 2.14. The molecular formula is C14H13FN2O3. The molecule has 6 heteroatoms. The molecule has 20 heavy (non-hydrogen) atoms. The van der Waals surface area contributed by atoms with Crippen LogP contribution in [0.5, 0.6) is 0 Å². The minimum absolute atomic E-state index is 0.0745. The average Bonchev–Trinajstić information content (AvgIpc) is 2.46. The fourth-order valence-electron chi connectivity index (χ4n) is 1.76. The Labute approximate surface area is 114 Å². The Hall–Kier alpha value is -2.47. The van der Waals surface area contributed by atoms with Crippen LogP contribution in [0, 0.1) is 5.82 Å². The summed E-state index contributed by atoms with van der Waals surface area (Å²) >= 11 is 0. The van der Waals surface area contributed by atoms with Gasteiger partial charge in [0.15, 0.2) is 11.6 Å². The number of nitrogens with one attached hydrogen (secondary N) is 1. The van der Waals surface area contributed by atoms with E-state index in [1.54, 1.807) is 18.2 Å². The van der Waals surface area contributed by atoms with Crippen LogP contribution < -0.4 is 5.32 Å². The second-order valence-corrected chi connectivity index (χ2v) is 4.16. The molecule has 0 aliphatic carbocycles. The van der Waals surface area contributed by atoms with Crippen molar-refractivity contribution in [2.45, 2.75) is 13.2 Å². The van der Waals surface area contributed by atoms with Gasteiger partial charge in [0.2, 0.25) is 0 Å². The van der Waals surface area contributed by atoms with Crippen LogP contribution in [0.25, 0.3) is 0 Å². The molecule has 0 amide bonds. The third-order valence-electron chi connectivity index (χ3n) is 2.75. The van der Waals surface area contributed by atoms with Crippen molar-refractivity contribution < 1.29 is 19.4 Å². The first-order chi connectivity index (χ1) is 9.61. The molecule has 0 fully saturated rings. The second-order valence-electron chi connectivity index (χ2n) is 4.16. The molecule has 2 rings (SSSR count). The van der Waals surface area contributed by atoms with Gasteiger partial charge >= 0.3 is 5.97 Å². The van der Waals surface area contributed by atoms with Crippen molar-refractivity contribution in [2.75, 3.05) is 5.32 Å². The molecule has 2 aromatic rings. The summed E-state index contributed by atoms with van der Waals surface area (Å²) < 4.78 is 13.8. The Morgan fingerprint density at radius 1 is 1.30 bits per heavy atom. The minimum atomic E-state index is -1.34. The Balaban J connectivity index is 2.14. The lowest BCUT2D eigenvalue weighted by molar-refractivity contribution is 0.0692. The summed E-state index contributed by atoms with van der Waals surface area (Å²) in [6.45, 7) is 0.204. The highest BCUT2D eigenvalue weighted by atomic mass is 19.1. The number of anilines is 1. The summed E-state index contributed by atoms with van der Waals surface area (Å²) in [7, 11) is 0. The summed E-state index contributed by atoms with van der Waals surface area (Å²) in [5.74, 6) is -2.34. The molecule has 5 nitrogen and oxygen atoms in total. The van der Waals surface area contributed by atoms with Crippen molar-refractivity contribution in [3.63, 3.8) is 0 Å². The van der Waals surface area contributed by atoms with Gasteiger partial charge in [0.05, 0.1) is 6.61 Å². The summed E-state index contributed by atoms with van der Waals surface area (Å²) in [5.41, 5.74) is 1.15. The lowest BCUT2D eigenvalue weighted by atomic mass is 10.1. The van der Waals surface area contributed by atoms with Gasteiger partial charge in [0, 0.05) is 12.7 Å². The predicted molar refractivity (Wildman–Crippen MR) is 70.8 cm³/mol. The van der Waals surface area contributed by atoms with Crippen LogP contribution in [0.15, 0.2) is 36.5 Å². The number of aromatic nitrogens is 1. The second kappa shape index (κ2) is 6.12. The first kappa shape index (κ1) is 14.0. The maximum atomic E-state index is 13.8. The van der Waals surface area contributed by atoms with Gasteiger partial charge in [-0.3, -0.25) is 0 Å². The Bertz CT molecular complexity index is 632. The molecule has 0 aliphatic rings. The van der Waals surface area contributed by atoms with Crippen LogP contribution in [0.3, 0.4) is 0 Å². The van der Waals surface area contributed by atoms with Crippen LogP contribution >= 0.6 is 0 Å². The molecule has 1 aromatic heterocycles. The molecule has 0 saturated heterocycles. The van der Waals surface area contributed by atoms with Gasteiger partial charge in [-0.2, -0.15) is 0 Å². The molecule has 3 N–H and O–H groups in total. The van der Waals surface area contributed by atoms with E-state index in [0.717, 1.165) is 17.2 Å². The first-order valence-corrected chi connectivity index (χ1v) is 5.92. The smallest absolute Gasteiger partial charge is 0.338 e. The average molecular weight is 276 g/mol. The van der Waals surface area contributed by atoms with Crippen LogP contribution in [0.2, 0.25) is 0 Å². The SMILES string of the molecule is O=C(O)c1ccnc(NCc2cccc(CO)c2)c1F. The Kier molecular flexibility index (Phi) is 4.27. The van der Waals surface area contributed by atoms with Crippen molar-refractivity contribution in [3.8, 4) is 0 Å². The van der Waals surface area contributed by atoms with Crippen molar-refractivity contribution in [1.82, 2.24) is 4.98 Å². The third-order valence-corrected chi connectivity index (χ3v) is 2.75. The van der Waals surface area contributed by atoms with Crippen LogP contribution in [-0.2, 0) is 13.2 Å². The van der Waals surface area contributed by atoms with Crippen molar-refractivity contribution >= 4 is 11.8 Å². The van der Waals surface area contributed by atoms with Crippen molar-refractivity contribution in [3.05, 3.63) is 59.0 Å². The molecule has 0 aliphatic heterocycles. The first-order valence-electron chi connectivity index (χ1n) is 5.92. The monoisotopic (exact) mass is 276 g/mol. The highest BCUT2D eigenvalue weighted by molar-refractivity contribution is 5.88. The number of aromatic carboxylic acids is 1. The topological polar surface area (TPSA) is 82.5 Å². The number of nitrogens with zero attached hydrogens (tertiary/aromatic N) is 1. The number of hydrogen-bond donors (Lipinski definition) is 3. The van der Waals surface area contributed by atoms with Gasteiger partial charge in [-0.1, -0.05) is 24.3 Å². The fraction of sp³-hybridized carbons (Fsp3) is 0.143. The molecule has 0 saturated carbocycles. The van der Waals surface area contributed by atoms with Crippen LogP contribution in [0.1, 0.15) is 21.5 Å². The number of carboxylic acids is 1. The number of benzene rings is 1. The number of aliphatic hydroxyl groups excluding tert-OH is 1. The number of hydrogen-bond acceptors (Lipinski definition) is 4. The molecule has 0 atom stereocenters. The molecule has 104 valence electrons. The maximum absolute atomic E-state index is 13.8. The third kappa shape index (κ3) is 3.10. The highest BCUT2D eigenvalue weighted by Crippen LogP contribution is 2.16. The van der Waals surface area contributed by atoms with E-state index in [4.69, 9.17) is 10.2 Å². The maximum Gasteiger partial charge on any atom is 0.338 e. The standard InChI is InChI=1S/C14H13FN2O3/c15-12-11(14(19)20)4-5-16-13(12)17-7-9-2-1-3-10(6-9)8-18/h1-6,18H,7-8H2,(H,16,17)(H,19,20). The largest absolute Gasteiger partial charge is 0.478 e. The molecule has 0 bridgehead atoms. The Morgan fingerprint density at radius 3 is 2.75 bits per heavy atom. The molecular weight excluding hydrogens is 263 g/mol. The molecule has 0 radical (unpaired) electrons. The predicted octanol–water partition coefficient (Wildman–Crippen LogP) is 2.02. The summed E-state index contributed by atoms with van der Waals surface area (Å²) in [6, 6.07) is 8.24. The molecule has 1 aromatic carbocycles. The minimum Gasteiger partial charge on any atom is -0.478 e. The van der Waals surface area contributed by atoms with Gasteiger partial charge in [-0.05, 0) is 17.2 Å². The molecule has 0 spiro atoms. The summed E-state index contributed by atoms with van der Waals surface area (Å²) in [5, 5.41) is 20.6. The normalized spacial score (nSPS) is 10.3. The summed E-state index contributed by atoms with van der Waals surface area (Å²) in [6.07, 6.45) is 1.24. The van der Waals surface area contributed by atoms with E-state index < -0.39 is 17.3 Å². The zero-order valence-electron chi connectivity index (χ0n) is 10.5. The Morgan fingerprint density at radius 2 is 2.05 bits per heavy atom. The quantitative estimate of drug-likeness (QED) is 0.778. The number of rotatable bonds is 5. The van der Waals surface area contributed by atoms with Gasteiger partial charge in [-0.15, -0.1) is 0 Å². The fourth-order valence-corrected chi connectivity index (χ4v) is 1.76. The van der Waals surface area contributed by atoms with Gasteiger partial charge < -0.3 is 15.5 Å². The van der Waals surface area contributed by atoms with Crippen LogP contribution in [0.4, 0.5) is 10.2 Å². The van der Waals surface area contributed by atoms with E-state index in [2.05, 4.69) is 10.3 Å². The van der Waals surface area contributed by atoms with E-state index in [1.807, 2.05) is 6.07 Å². The lowest BCUT2D eigenvalue weighted by Gasteiger charge is -2.08. The zero-order valence-corrected chi connectivity index (χ0v) is 10.5. The van der Waals surface area contributed by atoms with Gasteiger partial charge in [0.25, 0.3) is 0 Å². The zero-order chi connectivity index (χ0) is 14.5. The number of pyridine rings is 1. The van der Waals surface area contributed by atoms with Gasteiger partial charge in [-0.25, -0.2) is 14.2 Å². The van der Waals surface area contributed by atoms with Gasteiger partial charge in [0.1, 0.15) is 5.56 Å². The van der Waals surface area contributed by atoms with E-state index in [9.17, 15) is 9.18 Å². The number of aliphatic hydroxyl groups is 1. The summed E-state index contributed by atoms with van der Waals surface area (Å²) in [4.78, 5) is 14.6. The lowest BCUT2D eigenvalue weighted by Crippen LogP contribution is -2.08. The number of carbonyl (C=O) groups is 1. The van der Waals surface area contributed by atoms with E-state index >= 15 is 0 Å². The van der Waals surface area contributed by atoms with E-state index in [1.165, 1.54) is 6.20 Å². The molecule has 1 heterocycles.